The Kier molecular flexibility index (Phi) is 5.35. The fraction of sp³-hybridized carbons (Fsp3) is 0.556. The lowest BCUT2D eigenvalue weighted by molar-refractivity contribution is -0.129. The highest BCUT2D eigenvalue weighted by Gasteiger charge is 2.35. The number of likely N-dealkylation sites (tertiary alicyclic amines) is 2. The first-order valence-corrected chi connectivity index (χ1v) is 8.65. The zero-order valence-corrected chi connectivity index (χ0v) is 14.1. The number of carbonyl (C=O) groups is 2. The van der Waals surface area contributed by atoms with Crippen molar-refractivity contribution < 1.29 is 14.3 Å². The van der Waals surface area contributed by atoms with Crippen LogP contribution in [0, 0.1) is 0 Å². The van der Waals surface area contributed by atoms with Gasteiger partial charge >= 0.3 is 6.09 Å². The Morgan fingerprint density at radius 1 is 1.12 bits per heavy atom. The lowest BCUT2D eigenvalue weighted by Gasteiger charge is -2.40. The van der Waals surface area contributed by atoms with E-state index in [1.165, 1.54) is 0 Å². The van der Waals surface area contributed by atoms with E-state index in [2.05, 4.69) is 5.32 Å². The van der Waals surface area contributed by atoms with E-state index in [0.29, 0.717) is 38.2 Å². The largest absolute Gasteiger partial charge is 0.445 e. The first kappa shape index (κ1) is 16.8. The predicted octanol–water partition coefficient (Wildman–Crippen LogP) is 1.61. The van der Waals surface area contributed by atoms with Crippen LogP contribution in [0.2, 0.25) is 0 Å². The number of benzene rings is 1. The van der Waals surface area contributed by atoms with Crippen LogP contribution in [0.15, 0.2) is 30.3 Å². The molecule has 2 saturated heterocycles. The third-order valence-corrected chi connectivity index (χ3v) is 4.66. The fourth-order valence-corrected chi connectivity index (χ4v) is 3.22. The molecule has 2 aliphatic rings. The first-order valence-electron chi connectivity index (χ1n) is 8.65. The van der Waals surface area contributed by atoms with E-state index in [0.717, 1.165) is 25.1 Å². The molecule has 2 heterocycles. The summed E-state index contributed by atoms with van der Waals surface area (Å²) in [4.78, 5) is 27.3. The number of rotatable bonds is 5. The fourth-order valence-electron chi connectivity index (χ4n) is 3.22. The van der Waals surface area contributed by atoms with Crippen molar-refractivity contribution in [3.05, 3.63) is 35.9 Å². The van der Waals surface area contributed by atoms with E-state index in [1.54, 1.807) is 4.90 Å². The Labute approximate surface area is 142 Å². The van der Waals surface area contributed by atoms with Gasteiger partial charge in [0.2, 0.25) is 5.91 Å². The van der Waals surface area contributed by atoms with Gasteiger partial charge in [0.25, 0.3) is 0 Å². The molecule has 0 bridgehead atoms. The van der Waals surface area contributed by atoms with Crippen LogP contribution in [-0.4, -0.2) is 60.1 Å². The molecule has 2 amide bonds. The molecule has 3 rings (SSSR count). The van der Waals surface area contributed by atoms with Gasteiger partial charge < -0.3 is 19.9 Å². The maximum absolute atomic E-state index is 12.0. The van der Waals surface area contributed by atoms with Crippen LogP contribution < -0.4 is 5.32 Å². The number of hydrogen-bond acceptors (Lipinski definition) is 4. The molecule has 1 atom stereocenters. The standard InChI is InChI=1S/C18H25N3O3/c1-2-17(22)20-9-8-15(10-20)19-16-11-21(12-16)18(23)24-13-14-6-4-3-5-7-14/h3-7,15-16,19H,2,8-13H2,1H3. The summed E-state index contributed by atoms with van der Waals surface area (Å²) in [6.45, 7) is 5.16. The van der Waals surface area contributed by atoms with Crippen molar-refractivity contribution in [3.8, 4) is 0 Å². The summed E-state index contributed by atoms with van der Waals surface area (Å²) >= 11 is 0. The lowest BCUT2D eigenvalue weighted by atomic mass is 10.1. The first-order chi connectivity index (χ1) is 11.7. The van der Waals surface area contributed by atoms with E-state index < -0.39 is 0 Å². The van der Waals surface area contributed by atoms with Gasteiger partial charge in [0.05, 0.1) is 0 Å². The summed E-state index contributed by atoms with van der Waals surface area (Å²) in [5, 5.41) is 3.54. The van der Waals surface area contributed by atoms with Gasteiger partial charge in [0.15, 0.2) is 0 Å². The lowest BCUT2D eigenvalue weighted by Crippen LogP contribution is -2.62. The van der Waals surface area contributed by atoms with Crippen LogP contribution in [0.3, 0.4) is 0 Å². The average Bonchev–Trinajstić information content (AvgIpc) is 3.04. The molecule has 1 unspecified atom stereocenters. The van der Waals surface area contributed by atoms with Crippen LogP contribution in [-0.2, 0) is 16.1 Å². The molecule has 24 heavy (non-hydrogen) atoms. The van der Waals surface area contributed by atoms with E-state index in [9.17, 15) is 9.59 Å². The third kappa shape index (κ3) is 4.06. The molecule has 6 nitrogen and oxygen atoms in total. The van der Waals surface area contributed by atoms with Gasteiger partial charge in [-0.05, 0) is 12.0 Å². The van der Waals surface area contributed by atoms with E-state index in [4.69, 9.17) is 4.74 Å². The summed E-state index contributed by atoms with van der Waals surface area (Å²) in [6.07, 6.45) is 1.30. The van der Waals surface area contributed by atoms with Crippen molar-refractivity contribution >= 4 is 12.0 Å². The Morgan fingerprint density at radius 3 is 2.54 bits per heavy atom. The highest BCUT2D eigenvalue weighted by atomic mass is 16.6. The zero-order chi connectivity index (χ0) is 16.9. The number of amides is 2. The normalized spacial score (nSPS) is 20.8. The van der Waals surface area contributed by atoms with Crippen molar-refractivity contribution in [2.75, 3.05) is 26.2 Å². The maximum atomic E-state index is 12.0. The van der Waals surface area contributed by atoms with Crippen molar-refractivity contribution in [1.29, 1.82) is 0 Å². The van der Waals surface area contributed by atoms with Crippen LogP contribution in [0.4, 0.5) is 4.79 Å². The number of hydrogen-bond donors (Lipinski definition) is 1. The number of nitrogens with zero attached hydrogens (tertiary/aromatic N) is 2. The minimum absolute atomic E-state index is 0.221. The van der Waals surface area contributed by atoms with Crippen LogP contribution in [0.5, 0.6) is 0 Å². The zero-order valence-electron chi connectivity index (χ0n) is 14.1. The van der Waals surface area contributed by atoms with Gasteiger partial charge in [-0.25, -0.2) is 4.79 Å². The molecular formula is C18H25N3O3. The van der Waals surface area contributed by atoms with Gasteiger partial charge in [-0.2, -0.15) is 0 Å². The highest BCUT2D eigenvalue weighted by molar-refractivity contribution is 5.76. The second kappa shape index (κ2) is 7.66. The molecule has 130 valence electrons. The summed E-state index contributed by atoms with van der Waals surface area (Å²) in [7, 11) is 0. The molecule has 0 aromatic heterocycles. The summed E-state index contributed by atoms with van der Waals surface area (Å²) in [6, 6.07) is 10.3. The Bertz CT molecular complexity index is 572. The second-order valence-corrected chi connectivity index (χ2v) is 6.49. The SMILES string of the molecule is CCC(=O)N1CCC(NC2CN(C(=O)OCc3ccccc3)C2)C1. The molecule has 6 heteroatoms. The summed E-state index contributed by atoms with van der Waals surface area (Å²) in [5.41, 5.74) is 0.993. The summed E-state index contributed by atoms with van der Waals surface area (Å²) in [5.74, 6) is 0.221. The summed E-state index contributed by atoms with van der Waals surface area (Å²) < 4.78 is 5.32. The van der Waals surface area contributed by atoms with Gasteiger partial charge in [0, 0.05) is 44.7 Å². The number of nitrogens with one attached hydrogen (secondary N) is 1. The Balaban J connectivity index is 1.34. The van der Waals surface area contributed by atoms with Gasteiger partial charge in [-0.3, -0.25) is 4.79 Å². The minimum atomic E-state index is -0.258. The van der Waals surface area contributed by atoms with E-state index in [-0.39, 0.29) is 12.0 Å². The number of carbonyl (C=O) groups excluding carboxylic acids is 2. The van der Waals surface area contributed by atoms with Gasteiger partial charge in [-0.15, -0.1) is 0 Å². The van der Waals surface area contributed by atoms with E-state index >= 15 is 0 Å². The topological polar surface area (TPSA) is 61.9 Å². The second-order valence-electron chi connectivity index (χ2n) is 6.49. The molecule has 1 aromatic carbocycles. The molecule has 1 N–H and O–H groups in total. The van der Waals surface area contributed by atoms with E-state index in [1.807, 2.05) is 42.2 Å². The molecule has 1 aromatic rings. The quantitative estimate of drug-likeness (QED) is 0.890. The van der Waals surface area contributed by atoms with Crippen molar-refractivity contribution in [1.82, 2.24) is 15.1 Å². The smallest absolute Gasteiger partial charge is 0.410 e. The van der Waals surface area contributed by atoms with Crippen LogP contribution in [0.25, 0.3) is 0 Å². The molecule has 0 spiro atoms. The van der Waals surface area contributed by atoms with Crippen molar-refractivity contribution in [2.45, 2.75) is 38.5 Å². The highest BCUT2D eigenvalue weighted by Crippen LogP contribution is 2.16. The molecule has 0 aliphatic carbocycles. The minimum Gasteiger partial charge on any atom is -0.445 e. The molecule has 0 radical (unpaired) electrons. The maximum Gasteiger partial charge on any atom is 0.410 e. The Morgan fingerprint density at radius 2 is 1.83 bits per heavy atom. The van der Waals surface area contributed by atoms with Crippen LogP contribution in [0.1, 0.15) is 25.3 Å². The predicted molar refractivity (Wildman–Crippen MR) is 90.4 cm³/mol. The van der Waals surface area contributed by atoms with Gasteiger partial charge in [-0.1, -0.05) is 37.3 Å². The van der Waals surface area contributed by atoms with Gasteiger partial charge in [0.1, 0.15) is 6.61 Å². The van der Waals surface area contributed by atoms with Crippen LogP contribution >= 0.6 is 0 Å². The molecule has 2 aliphatic heterocycles. The monoisotopic (exact) mass is 331 g/mol. The van der Waals surface area contributed by atoms with Crippen molar-refractivity contribution in [2.24, 2.45) is 0 Å². The number of ether oxygens (including phenoxy) is 1. The molecular weight excluding hydrogens is 306 g/mol. The molecule has 2 fully saturated rings. The average molecular weight is 331 g/mol. The van der Waals surface area contributed by atoms with Crippen molar-refractivity contribution in [3.63, 3.8) is 0 Å². The Hall–Kier alpha value is -2.08. The third-order valence-electron chi connectivity index (χ3n) is 4.66. The molecule has 0 saturated carbocycles.